The van der Waals surface area contributed by atoms with E-state index in [1.165, 1.54) is 10.4 Å². The maximum Gasteiger partial charge on any atom is 0.490 e. The third kappa shape index (κ3) is 12.5. The molecule has 0 aromatic heterocycles. The zero-order valence-electron chi connectivity index (χ0n) is 32.3. The van der Waals surface area contributed by atoms with Crippen LogP contribution in [0.3, 0.4) is 0 Å². The van der Waals surface area contributed by atoms with Gasteiger partial charge in [0.2, 0.25) is 0 Å². The molecule has 0 aliphatic carbocycles. The highest BCUT2D eigenvalue weighted by Crippen LogP contribution is 2.39. The molecule has 0 N–H and O–H groups in total. The zero-order chi connectivity index (χ0) is 38.5. The summed E-state index contributed by atoms with van der Waals surface area (Å²) in [7, 11) is -1.05. The van der Waals surface area contributed by atoms with Gasteiger partial charge in [-0.3, -0.25) is 0 Å². The van der Waals surface area contributed by atoms with Gasteiger partial charge in [0.25, 0.3) is 8.32 Å². The predicted octanol–water partition coefficient (Wildman–Crippen LogP) is 9.18. The van der Waals surface area contributed by atoms with Crippen LogP contribution >= 0.6 is 0 Å². The molecule has 0 amide bonds. The smallest absolute Gasteiger partial charge is 0.456 e. The summed E-state index contributed by atoms with van der Waals surface area (Å²) in [5.74, 6) is -2.04. The SMILES string of the molecule is CCC[C@@H](C[C@H](C[C@H](C)C[C@@H]1C[C@H](OC(=O)C(F)(F)F)C[C@H](CCOCc2ccccc2)O1)OC)O[Si](c1ccccc1)(c1ccccc1)C(C)(C)C. The van der Waals surface area contributed by atoms with Crippen molar-refractivity contribution in [3.63, 3.8) is 0 Å². The van der Waals surface area contributed by atoms with Gasteiger partial charge in [-0.25, -0.2) is 4.79 Å². The van der Waals surface area contributed by atoms with Crippen LogP contribution in [0, 0.1) is 5.92 Å². The molecular weight excluding hydrogens is 698 g/mol. The number of esters is 1. The van der Waals surface area contributed by atoms with E-state index in [4.69, 9.17) is 23.4 Å². The molecule has 1 heterocycles. The van der Waals surface area contributed by atoms with Gasteiger partial charge in [0.05, 0.1) is 24.9 Å². The van der Waals surface area contributed by atoms with Gasteiger partial charge in [0, 0.05) is 32.7 Å². The second kappa shape index (κ2) is 20.1. The lowest BCUT2D eigenvalue weighted by atomic mass is 9.89. The summed E-state index contributed by atoms with van der Waals surface area (Å²) in [5.41, 5.74) is 1.03. The molecule has 3 aromatic carbocycles. The second-order valence-electron chi connectivity index (χ2n) is 15.6. The molecule has 6 nitrogen and oxygen atoms in total. The predicted molar refractivity (Wildman–Crippen MR) is 206 cm³/mol. The molecule has 0 radical (unpaired) electrons. The van der Waals surface area contributed by atoms with E-state index < -0.39 is 32.7 Å². The minimum absolute atomic E-state index is 0.0548. The van der Waals surface area contributed by atoms with Crippen LogP contribution in [0.25, 0.3) is 0 Å². The first-order valence-electron chi connectivity index (χ1n) is 19.1. The fourth-order valence-corrected chi connectivity index (χ4v) is 12.5. The van der Waals surface area contributed by atoms with Crippen LogP contribution in [-0.4, -0.2) is 64.7 Å². The van der Waals surface area contributed by atoms with E-state index >= 15 is 0 Å². The molecule has 1 aliphatic heterocycles. The maximum atomic E-state index is 13.2. The first kappa shape index (κ1) is 42.7. The molecule has 4 rings (SSSR count). The van der Waals surface area contributed by atoms with Gasteiger partial charge in [-0.05, 0) is 59.0 Å². The number of methoxy groups -OCH3 is 1. The van der Waals surface area contributed by atoms with E-state index in [0.29, 0.717) is 32.5 Å². The van der Waals surface area contributed by atoms with Crippen molar-refractivity contribution in [2.75, 3.05) is 13.7 Å². The Balaban J connectivity index is 1.45. The van der Waals surface area contributed by atoms with Gasteiger partial charge >= 0.3 is 12.1 Å². The molecule has 0 spiro atoms. The quantitative estimate of drug-likeness (QED) is 0.0691. The number of carbonyl (C=O) groups excluding carboxylic acids is 1. The van der Waals surface area contributed by atoms with Crippen molar-refractivity contribution in [1.29, 1.82) is 0 Å². The van der Waals surface area contributed by atoms with Gasteiger partial charge < -0.3 is 23.4 Å². The fourth-order valence-electron chi connectivity index (χ4n) is 7.76. The average Bonchev–Trinajstić information content (AvgIpc) is 3.12. The Hall–Kier alpha value is -3.02. The number of halogens is 3. The van der Waals surface area contributed by atoms with Crippen LogP contribution in [-0.2, 0) is 34.8 Å². The van der Waals surface area contributed by atoms with E-state index in [2.05, 4.69) is 83.1 Å². The van der Waals surface area contributed by atoms with Crippen molar-refractivity contribution in [3.05, 3.63) is 96.6 Å². The number of carbonyl (C=O) groups is 1. The van der Waals surface area contributed by atoms with E-state index in [1.54, 1.807) is 7.11 Å². The Morgan fingerprint density at radius 2 is 1.42 bits per heavy atom. The van der Waals surface area contributed by atoms with Crippen molar-refractivity contribution in [3.8, 4) is 0 Å². The van der Waals surface area contributed by atoms with E-state index in [1.807, 2.05) is 42.5 Å². The molecule has 1 aliphatic rings. The summed E-state index contributed by atoms with van der Waals surface area (Å²) in [4.78, 5) is 11.8. The van der Waals surface area contributed by atoms with E-state index in [9.17, 15) is 18.0 Å². The van der Waals surface area contributed by atoms with E-state index in [0.717, 1.165) is 24.8 Å². The molecule has 53 heavy (non-hydrogen) atoms. The van der Waals surface area contributed by atoms with Crippen molar-refractivity contribution in [2.45, 2.75) is 134 Å². The lowest BCUT2D eigenvalue weighted by molar-refractivity contribution is -0.212. The monoisotopic (exact) mass is 756 g/mol. The number of rotatable bonds is 19. The maximum absolute atomic E-state index is 13.2. The van der Waals surface area contributed by atoms with Crippen LogP contribution in [0.15, 0.2) is 91.0 Å². The van der Waals surface area contributed by atoms with Crippen LogP contribution in [0.5, 0.6) is 0 Å². The second-order valence-corrected chi connectivity index (χ2v) is 19.8. The normalized spacial score (nSPS) is 20.1. The molecule has 10 heteroatoms. The Bertz CT molecular complexity index is 1450. The number of alkyl halides is 3. The standard InChI is InChI=1S/C43H59F3O6Si/c1-7-17-35(52-53(42(3,4)5,39-20-13-9-14-21-39)40-22-15-10-16-23-40)29-36(48-6)26-32(2)27-37-30-38(51-41(47)43(44,45)46)28-34(50-37)24-25-49-31-33-18-11-8-12-19-33/h8-16,18-23,32,34-38H,7,17,24-31H2,1-6H3/t32-,34-,35-,36-,37+,38+/m0/s1. The summed E-state index contributed by atoms with van der Waals surface area (Å²) in [5, 5.41) is 2.31. The third-order valence-corrected chi connectivity index (χ3v) is 15.3. The number of benzene rings is 3. The Morgan fingerprint density at radius 3 is 1.94 bits per heavy atom. The fraction of sp³-hybridized carbons (Fsp3) is 0.558. The number of ether oxygens (including phenoxy) is 4. The summed E-state index contributed by atoms with van der Waals surface area (Å²) in [6.07, 6.45) is -2.12. The average molecular weight is 757 g/mol. The third-order valence-electron chi connectivity index (χ3n) is 10.2. The molecule has 0 unspecified atom stereocenters. The van der Waals surface area contributed by atoms with Gasteiger partial charge in [-0.15, -0.1) is 0 Å². The molecule has 3 aromatic rings. The summed E-state index contributed by atoms with van der Waals surface area (Å²) >= 11 is 0. The number of hydrogen-bond donors (Lipinski definition) is 0. The molecule has 292 valence electrons. The minimum atomic E-state index is -5.05. The van der Waals surface area contributed by atoms with Gasteiger partial charge in [0.1, 0.15) is 6.10 Å². The Morgan fingerprint density at radius 1 is 0.849 bits per heavy atom. The Labute approximate surface area is 315 Å². The summed E-state index contributed by atoms with van der Waals surface area (Å²) < 4.78 is 70.4. The van der Waals surface area contributed by atoms with E-state index in [-0.39, 0.29) is 42.1 Å². The minimum Gasteiger partial charge on any atom is -0.456 e. The zero-order valence-corrected chi connectivity index (χ0v) is 33.3. The first-order valence-corrected chi connectivity index (χ1v) is 21.0. The van der Waals surface area contributed by atoms with Crippen molar-refractivity contribution >= 4 is 24.7 Å². The molecular formula is C43H59F3O6Si. The molecule has 0 saturated carbocycles. The Kier molecular flexibility index (Phi) is 16.2. The molecule has 1 saturated heterocycles. The lowest BCUT2D eigenvalue weighted by Gasteiger charge is -2.45. The number of hydrogen-bond acceptors (Lipinski definition) is 6. The van der Waals surface area contributed by atoms with Gasteiger partial charge in [0.15, 0.2) is 0 Å². The highest BCUT2D eigenvalue weighted by Gasteiger charge is 2.51. The van der Waals surface area contributed by atoms with Crippen LogP contribution in [0.2, 0.25) is 5.04 Å². The van der Waals surface area contributed by atoms with Crippen molar-refractivity contribution in [1.82, 2.24) is 0 Å². The van der Waals surface area contributed by atoms with Gasteiger partial charge in [-0.1, -0.05) is 132 Å². The van der Waals surface area contributed by atoms with Crippen LogP contribution in [0.1, 0.15) is 91.5 Å². The molecule has 1 fully saturated rings. The van der Waals surface area contributed by atoms with Crippen LogP contribution < -0.4 is 10.4 Å². The van der Waals surface area contributed by atoms with Crippen molar-refractivity contribution in [2.24, 2.45) is 5.92 Å². The largest absolute Gasteiger partial charge is 0.490 e. The topological polar surface area (TPSA) is 63.2 Å². The highest BCUT2D eigenvalue weighted by molar-refractivity contribution is 6.99. The first-order chi connectivity index (χ1) is 25.2. The summed E-state index contributed by atoms with van der Waals surface area (Å²) in [6, 6.07) is 31.0. The van der Waals surface area contributed by atoms with Gasteiger partial charge in [-0.2, -0.15) is 13.2 Å². The molecule has 6 atom stereocenters. The van der Waals surface area contributed by atoms with Crippen LogP contribution in [0.4, 0.5) is 13.2 Å². The van der Waals surface area contributed by atoms with Crippen molar-refractivity contribution < 1.29 is 41.3 Å². The summed E-state index contributed by atoms with van der Waals surface area (Å²) in [6.45, 7) is 11.9. The highest BCUT2D eigenvalue weighted by atomic mass is 28.4. The lowest BCUT2D eigenvalue weighted by Crippen LogP contribution is -2.67. The molecule has 0 bridgehead atoms.